The lowest BCUT2D eigenvalue weighted by Gasteiger charge is -2.10. The van der Waals surface area contributed by atoms with E-state index in [0.29, 0.717) is 17.8 Å². The number of rotatable bonds is 6. The average Bonchev–Trinajstić information content (AvgIpc) is 2.28. The molecule has 0 aromatic carbocycles. The molecule has 18 heavy (non-hydrogen) atoms. The van der Waals surface area contributed by atoms with Gasteiger partial charge in [-0.2, -0.15) is 0 Å². The van der Waals surface area contributed by atoms with Crippen molar-refractivity contribution in [1.29, 1.82) is 0 Å². The minimum Gasteiger partial charge on any atom is -0.385 e. The molecule has 0 spiro atoms. The molecule has 0 aliphatic heterocycles. The molecule has 1 rings (SSSR count). The molecule has 2 N–H and O–H groups in total. The van der Waals surface area contributed by atoms with E-state index in [2.05, 4.69) is 15.6 Å². The van der Waals surface area contributed by atoms with E-state index in [1.807, 2.05) is 6.92 Å². The molecular weight excluding hydrogens is 254 g/mol. The highest BCUT2D eigenvalue weighted by molar-refractivity contribution is 7.90. The van der Waals surface area contributed by atoms with Crippen LogP contribution in [0.3, 0.4) is 0 Å². The van der Waals surface area contributed by atoms with Crippen LogP contribution in [0.1, 0.15) is 17.3 Å². The first-order chi connectivity index (χ1) is 8.44. The summed E-state index contributed by atoms with van der Waals surface area (Å²) in [5.74, 6) is -0.405. The first-order valence-electron chi connectivity index (χ1n) is 5.58. The Morgan fingerprint density at radius 2 is 2.17 bits per heavy atom. The summed E-state index contributed by atoms with van der Waals surface area (Å²) in [6.45, 7) is 2.71. The topological polar surface area (TPSA) is 88.2 Å². The highest BCUT2D eigenvalue weighted by Crippen LogP contribution is 2.12. The van der Waals surface area contributed by atoms with Gasteiger partial charge in [0, 0.05) is 31.7 Å². The molecule has 0 aliphatic rings. The summed E-state index contributed by atoms with van der Waals surface area (Å²) >= 11 is 0. The van der Waals surface area contributed by atoms with E-state index in [-0.39, 0.29) is 18.2 Å². The second kappa shape index (κ2) is 6.34. The van der Waals surface area contributed by atoms with E-state index in [1.165, 1.54) is 6.20 Å². The fourth-order valence-corrected chi connectivity index (χ4v) is 1.84. The van der Waals surface area contributed by atoms with Gasteiger partial charge >= 0.3 is 0 Å². The lowest BCUT2D eigenvalue weighted by Crippen LogP contribution is -2.29. The molecule has 0 radical (unpaired) electrons. The first kappa shape index (κ1) is 14.4. The summed E-state index contributed by atoms with van der Waals surface area (Å²) in [6, 6.07) is 1.70. The number of anilines is 1. The lowest BCUT2D eigenvalue weighted by molar-refractivity contribution is 0.0956. The Kier molecular flexibility index (Phi) is 5.08. The second-order valence-corrected chi connectivity index (χ2v) is 6.10. The molecule has 0 unspecified atom stereocenters. The molecule has 0 aliphatic carbocycles. The molecule has 1 heterocycles. The van der Waals surface area contributed by atoms with Crippen molar-refractivity contribution in [2.24, 2.45) is 0 Å². The molecule has 7 heteroatoms. The van der Waals surface area contributed by atoms with Gasteiger partial charge in [-0.15, -0.1) is 0 Å². The summed E-state index contributed by atoms with van der Waals surface area (Å²) in [5.41, 5.74) is 1.09. The number of hydrogen-bond donors (Lipinski definition) is 2. The van der Waals surface area contributed by atoms with Gasteiger partial charge in [0.15, 0.2) is 0 Å². The Morgan fingerprint density at radius 3 is 2.78 bits per heavy atom. The number of nitrogens with zero attached hydrogens (tertiary/aromatic N) is 1. The summed E-state index contributed by atoms with van der Waals surface area (Å²) in [6.07, 6.45) is 4.17. The van der Waals surface area contributed by atoms with E-state index in [4.69, 9.17) is 0 Å². The molecular formula is C11H17N3O3S. The van der Waals surface area contributed by atoms with Crippen LogP contribution in [0.15, 0.2) is 18.5 Å². The molecule has 1 aromatic heterocycles. The quantitative estimate of drug-likeness (QED) is 0.776. The molecule has 6 nitrogen and oxygen atoms in total. The summed E-state index contributed by atoms with van der Waals surface area (Å²) < 4.78 is 21.9. The summed E-state index contributed by atoms with van der Waals surface area (Å²) in [5, 5.41) is 5.60. The third kappa shape index (κ3) is 4.70. The van der Waals surface area contributed by atoms with Crippen molar-refractivity contribution in [3.63, 3.8) is 0 Å². The molecule has 1 amide bonds. The summed E-state index contributed by atoms with van der Waals surface area (Å²) in [4.78, 5) is 15.7. The molecule has 0 bridgehead atoms. The van der Waals surface area contributed by atoms with Gasteiger partial charge in [-0.05, 0) is 13.0 Å². The normalized spacial score (nSPS) is 11.0. The molecule has 0 fully saturated rings. The van der Waals surface area contributed by atoms with E-state index in [9.17, 15) is 13.2 Å². The average molecular weight is 271 g/mol. The fraction of sp³-hybridized carbons (Fsp3) is 0.455. The molecule has 100 valence electrons. The van der Waals surface area contributed by atoms with Gasteiger partial charge < -0.3 is 10.6 Å². The Bertz CT molecular complexity index is 514. The first-order valence-corrected chi connectivity index (χ1v) is 7.64. The van der Waals surface area contributed by atoms with Crippen molar-refractivity contribution >= 4 is 21.4 Å². The van der Waals surface area contributed by atoms with Gasteiger partial charge in [-0.1, -0.05) is 0 Å². The predicted octanol–water partition coefficient (Wildman–Crippen LogP) is 0.288. The zero-order chi connectivity index (χ0) is 13.6. The van der Waals surface area contributed by atoms with Crippen molar-refractivity contribution in [2.45, 2.75) is 6.92 Å². The predicted molar refractivity (Wildman–Crippen MR) is 70.4 cm³/mol. The highest BCUT2D eigenvalue weighted by atomic mass is 32.2. The van der Waals surface area contributed by atoms with Gasteiger partial charge in [0.25, 0.3) is 5.91 Å². The van der Waals surface area contributed by atoms with Gasteiger partial charge in [0.1, 0.15) is 9.84 Å². The zero-order valence-corrected chi connectivity index (χ0v) is 11.3. The van der Waals surface area contributed by atoms with E-state index >= 15 is 0 Å². The minimum atomic E-state index is -3.07. The number of carbonyl (C=O) groups is 1. The maximum absolute atomic E-state index is 11.8. The van der Waals surface area contributed by atoms with Crippen molar-refractivity contribution in [3.8, 4) is 0 Å². The van der Waals surface area contributed by atoms with Gasteiger partial charge in [-0.25, -0.2) is 8.42 Å². The van der Waals surface area contributed by atoms with Gasteiger partial charge in [-0.3, -0.25) is 9.78 Å². The number of pyridine rings is 1. The standard InChI is InChI=1S/C11H17N3O3S/c1-3-13-10-4-5-12-8-9(10)11(15)14-6-7-18(2,16)17/h4-5,8H,3,6-7H2,1-2H3,(H,12,13)(H,14,15). The van der Waals surface area contributed by atoms with E-state index < -0.39 is 9.84 Å². The number of sulfone groups is 1. The smallest absolute Gasteiger partial charge is 0.254 e. The number of nitrogens with one attached hydrogen (secondary N) is 2. The van der Waals surface area contributed by atoms with Crippen LogP contribution >= 0.6 is 0 Å². The fourth-order valence-electron chi connectivity index (χ4n) is 1.37. The Balaban J connectivity index is 2.66. The third-order valence-electron chi connectivity index (χ3n) is 2.19. The largest absolute Gasteiger partial charge is 0.385 e. The van der Waals surface area contributed by atoms with Crippen LogP contribution in [0, 0.1) is 0 Å². The zero-order valence-electron chi connectivity index (χ0n) is 10.4. The van der Waals surface area contributed by atoms with Gasteiger partial charge in [0.2, 0.25) is 0 Å². The third-order valence-corrected chi connectivity index (χ3v) is 3.14. The van der Waals surface area contributed by atoms with Crippen LogP contribution in [-0.4, -0.2) is 44.4 Å². The molecule has 1 aromatic rings. The van der Waals surface area contributed by atoms with Crippen molar-refractivity contribution in [2.75, 3.05) is 30.4 Å². The van der Waals surface area contributed by atoms with Crippen molar-refractivity contribution in [3.05, 3.63) is 24.0 Å². The maximum atomic E-state index is 11.8. The second-order valence-electron chi connectivity index (χ2n) is 3.84. The van der Waals surface area contributed by atoms with Crippen LogP contribution in [0.5, 0.6) is 0 Å². The number of carbonyl (C=O) groups excluding carboxylic acids is 1. The molecule has 0 saturated heterocycles. The van der Waals surface area contributed by atoms with Gasteiger partial charge in [0.05, 0.1) is 17.0 Å². The summed E-state index contributed by atoms with van der Waals surface area (Å²) in [7, 11) is -3.07. The van der Waals surface area contributed by atoms with Crippen LogP contribution in [0.25, 0.3) is 0 Å². The number of hydrogen-bond acceptors (Lipinski definition) is 5. The lowest BCUT2D eigenvalue weighted by atomic mass is 10.2. The van der Waals surface area contributed by atoms with Crippen LogP contribution in [-0.2, 0) is 9.84 Å². The van der Waals surface area contributed by atoms with Crippen LogP contribution < -0.4 is 10.6 Å². The number of aromatic nitrogens is 1. The Hall–Kier alpha value is -1.63. The van der Waals surface area contributed by atoms with Crippen molar-refractivity contribution < 1.29 is 13.2 Å². The van der Waals surface area contributed by atoms with Crippen LogP contribution in [0.4, 0.5) is 5.69 Å². The van der Waals surface area contributed by atoms with Crippen LogP contribution in [0.2, 0.25) is 0 Å². The van der Waals surface area contributed by atoms with E-state index in [0.717, 1.165) is 6.26 Å². The maximum Gasteiger partial charge on any atom is 0.254 e. The monoisotopic (exact) mass is 271 g/mol. The SMILES string of the molecule is CCNc1ccncc1C(=O)NCCS(C)(=O)=O. The van der Waals surface area contributed by atoms with Crippen molar-refractivity contribution in [1.82, 2.24) is 10.3 Å². The molecule has 0 atom stereocenters. The van der Waals surface area contributed by atoms with E-state index in [1.54, 1.807) is 12.3 Å². The Labute approximate surface area is 107 Å². The minimum absolute atomic E-state index is 0.0739. The Morgan fingerprint density at radius 1 is 1.44 bits per heavy atom. The highest BCUT2D eigenvalue weighted by Gasteiger charge is 2.11. The molecule has 0 saturated carbocycles. The number of amides is 1.